The Balaban J connectivity index is 1.24. The van der Waals surface area contributed by atoms with E-state index in [4.69, 9.17) is 0 Å². The summed E-state index contributed by atoms with van der Waals surface area (Å²) in [4.78, 5) is 39.0. The molecule has 8 heteroatoms. The van der Waals surface area contributed by atoms with Crippen molar-refractivity contribution in [2.24, 2.45) is 11.8 Å². The number of carbonyl (C=O) groups excluding carboxylic acids is 3. The molecule has 0 aliphatic carbocycles. The predicted molar refractivity (Wildman–Crippen MR) is 115 cm³/mol. The number of imide groups is 1. The molecule has 0 radical (unpaired) electrons. The topological polar surface area (TPSA) is 85.0 Å². The van der Waals surface area contributed by atoms with Crippen molar-refractivity contribution in [1.82, 2.24) is 25.6 Å². The second-order valence-electron chi connectivity index (χ2n) is 9.31. The van der Waals surface area contributed by atoms with Crippen LogP contribution in [0.15, 0.2) is 18.2 Å². The van der Waals surface area contributed by atoms with Gasteiger partial charge in [0.25, 0.3) is 5.91 Å². The average Bonchev–Trinajstić information content (AvgIpc) is 3.10. The van der Waals surface area contributed by atoms with Gasteiger partial charge in [-0.2, -0.15) is 0 Å². The molecule has 2 N–H and O–H groups in total. The first kappa shape index (κ1) is 20.5. The van der Waals surface area contributed by atoms with Crippen LogP contribution in [-0.4, -0.2) is 65.5 Å². The van der Waals surface area contributed by atoms with Gasteiger partial charge in [-0.3, -0.25) is 19.8 Å². The first-order valence-corrected chi connectivity index (χ1v) is 11.6. The van der Waals surface area contributed by atoms with Gasteiger partial charge in [0.05, 0.1) is 13.1 Å². The summed E-state index contributed by atoms with van der Waals surface area (Å²) in [7, 11) is 0. The third kappa shape index (κ3) is 4.19. The molecule has 1 aromatic carbocycles. The summed E-state index contributed by atoms with van der Waals surface area (Å²) < 4.78 is 0. The summed E-state index contributed by atoms with van der Waals surface area (Å²) in [6.45, 7) is 6.12. The van der Waals surface area contributed by atoms with E-state index in [0.717, 1.165) is 50.1 Å². The number of rotatable bonds is 4. The summed E-state index contributed by atoms with van der Waals surface area (Å²) in [5, 5.41) is 8.59. The molecule has 0 bridgehead atoms. The minimum Gasteiger partial charge on any atom is -0.317 e. The molecule has 0 saturated carbocycles. The lowest BCUT2D eigenvalue weighted by Gasteiger charge is -2.38. The van der Waals surface area contributed by atoms with E-state index < -0.39 is 6.03 Å². The van der Waals surface area contributed by atoms with Gasteiger partial charge >= 0.3 is 6.03 Å². The number of likely N-dealkylation sites (tertiary alicyclic amines) is 1. The quantitative estimate of drug-likeness (QED) is 0.767. The molecule has 1 unspecified atom stereocenters. The van der Waals surface area contributed by atoms with E-state index in [1.54, 1.807) is 0 Å². The van der Waals surface area contributed by atoms with Crippen molar-refractivity contribution in [3.05, 3.63) is 34.9 Å². The van der Waals surface area contributed by atoms with E-state index in [1.807, 2.05) is 12.1 Å². The summed E-state index contributed by atoms with van der Waals surface area (Å²) in [6, 6.07) is 5.55. The smallest absolute Gasteiger partial charge is 0.317 e. The van der Waals surface area contributed by atoms with E-state index in [1.165, 1.54) is 41.3 Å². The lowest BCUT2D eigenvalue weighted by atomic mass is 9.80. The number of amides is 4. The summed E-state index contributed by atoms with van der Waals surface area (Å²) in [5.74, 6) is 1.17. The van der Waals surface area contributed by atoms with Crippen LogP contribution < -0.4 is 10.6 Å². The highest BCUT2D eigenvalue weighted by molar-refractivity contribution is 6.01. The Labute approximate surface area is 182 Å². The van der Waals surface area contributed by atoms with E-state index in [-0.39, 0.29) is 24.8 Å². The molecule has 0 aromatic heterocycles. The number of nitrogens with one attached hydrogen (secondary N) is 2. The number of hydrazine groups is 1. The normalized spacial score (nSPS) is 25.7. The third-order valence-corrected chi connectivity index (χ3v) is 7.28. The minimum absolute atomic E-state index is 0.171. The van der Waals surface area contributed by atoms with Crippen LogP contribution in [0.1, 0.15) is 53.6 Å². The fourth-order valence-corrected chi connectivity index (χ4v) is 5.63. The zero-order chi connectivity index (χ0) is 21.4. The summed E-state index contributed by atoms with van der Waals surface area (Å²) in [6.07, 6.45) is 5.41. The molecule has 4 aliphatic heterocycles. The number of benzene rings is 1. The number of piperidine rings is 2. The van der Waals surface area contributed by atoms with Gasteiger partial charge in [-0.25, -0.2) is 14.8 Å². The number of nitrogens with zero attached hydrogens (tertiary/aromatic N) is 3. The first-order valence-electron chi connectivity index (χ1n) is 11.6. The molecule has 3 saturated heterocycles. The van der Waals surface area contributed by atoms with E-state index in [0.29, 0.717) is 12.1 Å². The van der Waals surface area contributed by atoms with Crippen molar-refractivity contribution < 1.29 is 14.4 Å². The number of urea groups is 1. The summed E-state index contributed by atoms with van der Waals surface area (Å²) in [5.41, 5.74) is 2.83. The van der Waals surface area contributed by atoms with Gasteiger partial charge in [-0.05, 0) is 74.3 Å². The molecule has 8 nitrogen and oxygen atoms in total. The van der Waals surface area contributed by atoms with Crippen LogP contribution in [0, 0.1) is 11.8 Å². The molecule has 3 fully saturated rings. The van der Waals surface area contributed by atoms with Crippen LogP contribution in [0.5, 0.6) is 0 Å². The Morgan fingerprint density at radius 2 is 1.81 bits per heavy atom. The molecule has 31 heavy (non-hydrogen) atoms. The zero-order valence-corrected chi connectivity index (χ0v) is 17.9. The van der Waals surface area contributed by atoms with Crippen LogP contribution in [0.2, 0.25) is 0 Å². The SMILES string of the molecule is O=C1CCN(N2Cc3cc(CN4CCCC(C5CCNCC5)C4)ccc3C2=O)C(=O)N1. The fourth-order valence-electron chi connectivity index (χ4n) is 5.63. The van der Waals surface area contributed by atoms with Crippen molar-refractivity contribution in [3.63, 3.8) is 0 Å². The molecule has 4 heterocycles. The number of hydrogen-bond acceptors (Lipinski definition) is 5. The van der Waals surface area contributed by atoms with Gasteiger partial charge in [0.15, 0.2) is 0 Å². The maximum absolute atomic E-state index is 12.8. The number of carbonyl (C=O) groups is 3. The Morgan fingerprint density at radius 3 is 2.61 bits per heavy atom. The van der Waals surface area contributed by atoms with Crippen molar-refractivity contribution in [2.45, 2.75) is 45.2 Å². The van der Waals surface area contributed by atoms with Crippen LogP contribution in [-0.2, 0) is 17.9 Å². The highest BCUT2D eigenvalue weighted by Gasteiger charge is 2.37. The number of fused-ring (bicyclic) bond motifs is 1. The Morgan fingerprint density at radius 1 is 0.968 bits per heavy atom. The zero-order valence-electron chi connectivity index (χ0n) is 17.9. The van der Waals surface area contributed by atoms with Crippen LogP contribution in [0.3, 0.4) is 0 Å². The molecular weight excluding hydrogens is 394 g/mol. The highest BCUT2D eigenvalue weighted by atomic mass is 16.2. The van der Waals surface area contributed by atoms with Crippen molar-refractivity contribution in [2.75, 3.05) is 32.7 Å². The van der Waals surface area contributed by atoms with Crippen LogP contribution in [0.4, 0.5) is 4.79 Å². The Bertz CT molecular complexity index is 882. The molecule has 166 valence electrons. The molecule has 4 aliphatic rings. The Kier molecular flexibility index (Phi) is 5.67. The lowest BCUT2D eigenvalue weighted by molar-refractivity contribution is -0.123. The molecule has 4 amide bonds. The molecule has 5 rings (SSSR count). The van der Waals surface area contributed by atoms with Gasteiger partial charge in [0.2, 0.25) is 5.91 Å². The van der Waals surface area contributed by atoms with Crippen molar-refractivity contribution in [3.8, 4) is 0 Å². The summed E-state index contributed by atoms with van der Waals surface area (Å²) >= 11 is 0. The monoisotopic (exact) mass is 425 g/mol. The largest absolute Gasteiger partial charge is 0.342 e. The van der Waals surface area contributed by atoms with Gasteiger partial charge < -0.3 is 5.32 Å². The van der Waals surface area contributed by atoms with Crippen molar-refractivity contribution in [1.29, 1.82) is 0 Å². The standard InChI is InChI=1S/C23H31N5O3/c29-21-7-11-27(23(31)25-21)28-15-19-12-16(3-4-20(19)22(28)30)13-26-10-1-2-18(14-26)17-5-8-24-9-6-17/h3-4,12,17-18,24H,1-2,5-11,13-15H2,(H,25,29,31). The van der Waals surface area contributed by atoms with Crippen LogP contribution in [0.25, 0.3) is 0 Å². The lowest BCUT2D eigenvalue weighted by Crippen LogP contribution is -2.56. The molecule has 1 atom stereocenters. The molecule has 0 spiro atoms. The fraction of sp³-hybridized carbons (Fsp3) is 0.609. The molecular formula is C23H31N5O3. The first-order chi connectivity index (χ1) is 15.1. The van der Waals surface area contributed by atoms with E-state index in [9.17, 15) is 14.4 Å². The highest BCUT2D eigenvalue weighted by Crippen LogP contribution is 2.31. The van der Waals surface area contributed by atoms with Gasteiger partial charge in [0, 0.05) is 25.1 Å². The third-order valence-electron chi connectivity index (χ3n) is 7.28. The maximum Gasteiger partial charge on any atom is 0.342 e. The van der Waals surface area contributed by atoms with E-state index in [2.05, 4.69) is 21.6 Å². The number of hydrogen-bond donors (Lipinski definition) is 2. The van der Waals surface area contributed by atoms with Gasteiger partial charge in [0.1, 0.15) is 0 Å². The Hall–Kier alpha value is -2.45. The van der Waals surface area contributed by atoms with Crippen molar-refractivity contribution >= 4 is 17.8 Å². The second-order valence-corrected chi connectivity index (χ2v) is 9.31. The molecule has 1 aromatic rings. The maximum atomic E-state index is 12.8. The van der Waals surface area contributed by atoms with Gasteiger partial charge in [-0.15, -0.1) is 0 Å². The minimum atomic E-state index is -0.519. The van der Waals surface area contributed by atoms with Gasteiger partial charge in [-0.1, -0.05) is 12.1 Å². The van der Waals surface area contributed by atoms with E-state index >= 15 is 0 Å². The predicted octanol–water partition coefficient (Wildman–Crippen LogP) is 1.71. The van der Waals surface area contributed by atoms with Crippen LogP contribution >= 0.6 is 0 Å². The average molecular weight is 426 g/mol. The second kappa shape index (κ2) is 8.59.